The second kappa shape index (κ2) is 20.9. The monoisotopic (exact) mass is 530 g/mol. The van der Waals surface area contributed by atoms with Crippen LogP contribution in [-0.4, -0.2) is 56.8 Å². The van der Waals surface area contributed by atoms with Gasteiger partial charge in [0, 0.05) is 0 Å². The average molecular weight is 531 g/mol. The normalized spacial score (nSPS) is 15.1. The molecule has 0 aromatic heterocycles. The first-order chi connectivity index (χ1) is 17.5. The zero-order chi connectivity index (χ0) is 28.2. The van der Waals surface area contributed by atoms with E-state index in [4.69, 9.17) is 4.74 Å². The van der Waals surface area contributed by atoms with E-state index in [1.165, 1.54) is 38.5 Å². The molecule has 4 N–H and O–H groups in total. The Morgan fingerprint density at radius 2 is 0.811 bits per heavy atom. The van der Waals surface area contributed by atoms with Gasteiger partial charge in [0.2, 0.25) is 0 Å². The molecule has 0 aromatic rings. The Labute approximate surface area is 226 Å². The third-order valence-electron chi connectivity index (χ3n) is 7.21. The van der Waals surface area contributed by atoms with Crippen molar-refractivity contribution in [3.63, 3.8) is 0 Å². The van der Waals surface area contributed by atoms with Gasteiger partial charge in [0.25, 0.3) is 0 Å². The lowest BCUT2D eigenvalue weighted by Crippen LogP contribution is -2.50. The fourth-order valence-electron chi connectivity index (χ4n) is 4.47. The molecule has 0 aromatic carbocycles. The largest absolute Gasteiger partial charge is 0.393 e. The number of hydrogen-bond acceptors (Lipinski definition) is 7. The van der Waals surface area contributed by atoms with Crippen molar-refractivity contribution in [2.45, 2.75) is 154 Å². The molecule has 0 saturated heterocycles. The fraction of sp³-hybridized carbons (Fsp3) is 0.933. The number of hydrogen-bond donors (Lipinski definition) is 4. The van der Waals surface area contributed by atoms with Gasteiger partial charge in [-0.05, 0) is 37.5 Å². The topological polar surface area (TPSA) is 124 Å². The molecule has 0 aliphatic carbocycles. The van der Waals surface area contributed by atoms with E-state index in [-0.39, 0.29) is 12.8 Å². The highest BCUT2D eigenvalue weighted by Gasteiger charge is 2.43. The number of aliphatic hydroxyl groups excluding tert-OH is 2. The Balaban J connectivity index is 4.30. The SMILES string of the molecule is CC(C)CCCCCCCCCC(O)(CO)C(=O)OC(=O)C(O)(CO)CCCCCCCCCC(C)C. The van der Waals surface area contributed by atoms with Gasteiger partial charge in [-0.15, -0.1) is 0 Å². The quantitative estimate of drug-likeness (QED) is 0.0702. The van der Waals surface area contributed by atoms with Crippen LogP contribution >= 0.6 is 0 Å². The summed E-state index contributed by atoms with van der Waals surface area (Å²) in [6.45, 7) is 7.16. The lowest BCUT2D eigenvalue weighted by atomic mass is 9.94. The van der Waals surface area contributed by atoms with Crippen LogP contribution in [0.15, 0.2) is 0 Å². The fourth-order valence-corrected chi connectivity index (χ4v) is 4.47. The molecule has 0 aliphatic heterocycles. The zero-order valence-corrected chi connectivity index (χ0v) is 24.3. The summed E-state index contributed by atoms with van der Waals surface area (Å²) in [5.41, 5.74) is -4.39. The van der Waals surface area contributed by atoms with Crippen molar-refractivity contribution >= 4 is 11.9 Å². The first-order valence-electron chi connectivity index (χ1n) is 14.9. The molecule has 220 valence electrons. The van der Waals surface area contributed by atoms with Crippen LogP contribution in [0.5, 0.6) is 0 Å². The molecule has 37 heavy (non-hydrogen) atoms. The number of ether oxygens (including phenoxy) is 1. The summed E-state index contributed by atoms with van der Waals surface area (Å²) >= 11 is 0. The van der Waals surface area contributed by atoms with Gasteiger partial charge in [0.1, 0.15) is 0 Å². The second-order valence-electron chi connectivity index (χ2n) is 11.9. The maximum absolute atomic E-state index is 12.5. The summed E-state index contributed by atoms with van der Waals surface area (Å²) < 4.78 is 4.75. The third-order valence-corrected chi connectivity index (χ3v) is 7.21. The molecule has 0 saturated carbocycles. The van der Waals surface area contributed by atoms with E-state index in [9.17, 15) is 30.0 Å². The molecule has 0 heterocycles. The van der Waals surface area contributed by atoms with E-state index in [1.807, 2.05) is 0 Å². The van der Waals surface area contributed by atoms with Gasteiger partial charge in [0.05, 0.1) is 13.2 Å². The zero-order valence-electron chi connectivity index (χ0n) is 24.3. The Bertz CT molecular complexity index is 542. The Kier molecular flexibility index (Phi) is 20.3. The minimum Gasteiger partial charge on any atom is -0.393 e. The van der Waals surface area contributed by atoms with E-state index in [2.05, 4.69) is 27.7 Å². The van der Waals surface area contributed by atoms with Crippen molar-refractivity contribution in [2.75, 3.05) is 13.2 Å². The molecular weight excluding hydrogens is 472 g/mol. The van der Waals surface area contributed by atoms with E-state index >= 15 is 0 Å². The molecule has 7 heteroatoms. The standard InChI is InChI=1S/C30H58O7/c1-25(2)19-15-11-7-5-9-13-17-21-29(35,23-31)27(33)37-28(34)30(36,24-32)22-18-14-10-6-8-12-16-20-26(3)4/h25-26,31-32,35-36H,5-24H2,1-4H3. The van der Waals surface area contributed by atoms with E-state index < -0.39 is 36.4 Å². The summed E-state index contributed by atoms with van der Waals surface area (Å²) in [7, 11) is 0. The molecule has 0 radical (unpaired) electrons. The molecule has 2 atom stereocenters. The molecule has 0 fully saturated rings. The van der Waals surface area contributed by atoms with Gasteiger partial charge in [0.15, 0.2) is 11.2 Å². The number of rotatable bonds is 24. The highest BCUT2D eigenvalue weighted by Crippen LogP contribution is 2.22. The van der Waals surface area contributed by atoms with Crippen molar-refractivity contribution in [3.05, 3.63) is 0 Å². The summed E-state index contributed by atoms with van der Waals surface area (Å²) in [5.74, 6) is -1.09. The molecule has 7 nitrogen and oxygen atoms in total. The third kappa shape index (κ3) is 17.2. The average Bonchev–Trinajstić information content (AvgIpc) is 2.85. The predicted octanol–water partition coefficient (Wildman–Crippen LogP) is 5.84. The Hall–Kier alpha value is -1.02. The molecule has 0 aliphatic rings. The summed E-state index contributed by atoms with van der Waals surface area (Å²) in [5, 5.41) is 40.3. The predicted molar refractivity (Wildman–Crippen MR) is 148 cm³/mol. The highest BCUT2D eigenvalue weighted by atomic mass is 16.6. The van der Waals surface area contributed by atoms with Gasteiger partial charge < -0.3 is 25.2 Å². The van der Waals surface area contributed by atoms with Crippen LogP contribution in [0.4, 0.5) is 0 Å². The van der Waals surface area contributed by atoms with Gasteiger partial charge in [-0.1, -0.05) is 118 Å². The molecule has 0 bridgehead atoms. The molecule has 0 rings (SSSR count). The van der Waals surface area contributed by atoms with Crippen LogP contribution in [0.3, 0.4) is 0 Å². The summed E-state index contributed by atoms with van der Waals surface area (Å²) in [4.78, 5) is 24.9. The van der Waals surface area contributed by atoms with Crippen LogP contribution < -0.4 is 0 Å². The second-order valence-corrected chi connectivity index (χ2v) is 11.9. The van der Waals surface area contributed by atoms with Gasteiger partial charge >= 0.3 is 11.9 Å². The highest BCUT2D eigenvalue weighted by molar-refractivity contribution is 5.94. The maximum atomic E-state index is 12.5. The smallest absolute Gasteiger partial charge is 0.348 e. The summed E-state index contributed by atoms with van der Waals surface area (Å²) in [6, 6.07) is 0. The number of esters is 2. The van der Waals surface area contributed by atoms with Gasteiger partial charge in [-0.2, -0.15) is 0 Å². The van der Waals surface area contributed by atoms with Crippen LogP contribution in [0.2, 0.25) is 0 Å². The molecule has 2 unspecified atom stereocenters. The first-order valence-corrected chi connectivity index (χ1v) is 14.9. The lowest BCUT2D eigenvalue weighted by molar-refractivity contribution is -0.190. The van der Waals surface area contributed by atoms with Crippen molar-refractivity contribution < 1.29 is 34.8 Å². The van der Waals surface area contributed by atoms with Crippen LogP contribution in [0, 0.1) is 11.8 Å². The van der Waals surface area contributed by atoms with E-state index in [0.29, 0.717) is 12.8 Å². The maximum Gasteiger partial charge on any atom is 0.348 e. The van der Waals surface area contributed by atoms with Crippen molar-refractivity contribution in [1.82, 2.24) is 0 Å². The van der Waals surface area contributed by atoms with Crippen LogP contribution in [0.25, 0.3) is 0 Å². The number of aliphatic hydroxyl groups is 4. The summed E-state index contributed by atoms with van der Waals surface area (Å²) in [6.07, 6.45) is 16.4. The molecule has 0 spiro atoms. The van der Waals surface area contributed by atoms with Crippen LogP contribution in [0.1, 0.15) is 143 Å². The van der Waals surface area contributed by atoms with E-state index in [0.717, 1.165) is 63.2 Å². The van der Waals surface area contributed by atoms with Crippen LogP contribution in [-0.2, 0) is 14.3 Å². The molecule has 0 amide bonds. The molecular formula is C30H58O7. The lowest BCUT2D eigenvalue weighted by Gasteiger charge is -2.27. The van der Waals surface area contributed by atoms with Crippen molar-refractivity contribution in [1.29, 1.82) is 0 Å². The minimum absolute atomic E-state index is 0.0301. The van der Waals surface area contributed by atoms with Crippen molar-refractivity contribution in [2.24, 2.45) is 11.8 Å². The van der Waals surface area contributed by atoms with Crippen molar-refractivity contribution in [3.8, 4) is 0 Å². The Morgan fingerprint density at radius 1 is 0.541 bits per heavy atom. The van der Waals surface area contributed by atoms with Gasteiger partial charge in [-0.25, -0.2) is 9.59 Å². The van der Waals surface area contributed by atoms with E-state index in [1.54, 1.807) is 0 Å². The number of carbonyl (C=O) groups is 2. The Morgan fingerprint density at radius 3 is 1.08 bits per heavy atom. The number of carbonyl (C=O) groups excluding carboxylic acids is 2. The minimum atomic E-state index is -2.20. The number of unbranched alkanes of at least 4 members (excludes halogenated alkanes) is 12. The first kappa shape index (κ1) is 36.0. The van der Waals surface area contributed by atoms with Gasteiger partial charge in [-0.3, -0.25) is 0 Å².